The molecule has 0 aliphatic rings. The molecule has 0 spiro atoms. The average Bonchev–Trinajstić information content (AvgIpc) is 2.29. The molecule has 0 aromatic heterocycles. The first-order valence-electron chi connectivity index (χ1n) is 5.75. The van der Waals surface area contributed by atoms with Crippen molar-refractivity contribution in [1.29, 1.82) is 0 Å². The molecular weight excluding hydrogens is 210 g/mol. The van der Waals surface area contributed by atoms with Crippen LogP contribution in [0.4, 0.5) is 8.78 Å². The Morgan fingerprint density at radius 3 is 2.56 bits per heavy atom. The van der Waals surface area contributed by atoms with E-state index in [-0.39, 0.29) is 5.56 Å². The molecular formula is C13H18F2O. The molecule has 0 heterocycles. The summed E-state index contributed by atoms with van der Waals surface area (Å²) in [6.07, 6.45) is 1.87. The number of alkyl halides is 2. The quantitative estimate of drug-likeness (QED) is 0.620. The second kappa shape index (κ2) is 7.20. The summed E-state index contributed by atoms with van der Waals surface area (Å²) in [5.41, 5.74) is -0.0157. The average molecular weight is 228 g/mol. The Labute approximate surface area is 95.4 Å². The van der Waals surface area contributed by atoms with Crippen molar-refractivity contribution in [2.75, 3.05) is 6.61 Å². The molecule has 0 N–H and O–H groups in total. The van der Waals surface area contributed by atoms with Crippen LogP contribution in [0.3, 0.4) is 0 Å². The van der Waals surface area contributed by atoms with Crippen LogP contribution in [-0.2, 0) is 0 Å². The summed E-state index contributed by atoms with van der Waals surface area (Å²) < 4.78 is 30.5. The van der Waals surface area contributed by atoms with Crippen LogP contribution < -0.4 is 4.74 Å². The molecule has 1 rings (SSSR count). The summed E-state index contributed by atoms with van der Waals surface area (Å²) in [6, 6.07) is 6.33. The maximum Gasteiger partial charge on any atom is 0.267 e. The third-order valence-electron chi connectivity index (χ3n) is 2.41. The van der Waals surface area contributed by atoms with E-state index in [1.807, 2.05) is 0 Å². The lowest BCUT2D eigenvalue weighted by molar-refractivity contribution is 0.145. The molecule has 0 bridgehead atoms. The van der Waals surface area contributed by atoms with E-state index in [0.29, 0.717) is 12.4 Å². The molecule has 0 amide bonds. The van der Waals surface area contributed by atoms with E-state index in [4.69, 9.17) is 4.74 Å². The van der Waals surface area contributed by atoms with Gasteiger partial charge in [-0.05, 0) is 18.6 Å². The highest BCUT2D eigenvalue weighted by molar-refractivity contribution is 5.34. The number of hydrogen-bond acceptors (Lipinski definition) is 1. The van der Waals surface area contributed by atoms with Crippen LogP contribution >= 0.6 is 0 Å². The highest BCUT2D eigenvalue weighted by atomic mass is 19.3. The summed E-state index contributed by atoms with van der Waals surface area (Å²) in [5.74, 6) is 0.314. The Bertz CT molecular complexity index is 300. The molecule has 1 aromatic rings. The minimum Gasteiger partial charge on any atom is -0.493 e. The molecule has 3 heteroatoms. The molecule has 0 saturated heterocycles. The van der Waals surface area contributed by atoms with Gasteiger partial charge in [0.1, 0.15) is 5.75 Å². The summed E-state index contributed by atoms with van der Waals surface area (Å²) >= 11 is 0. The van der Waals surface area contributed by atoms with Crippen molar-refractivity contribution in [3.63, 3.8) is 0 Å². The normalized spacial score (nSPS) is 10.8. The number of unbranched alkanes of at least 4 members (excludes halogenated alkanes) is 3. The van der Waals surface area contributed by atoms with Crippen molar-refractivity contribution in [2.45, 2.75) is 39.0 Å². The second-order valence-electron chi connectivity index (χ2n) is 3.75. The van der Waals surface area contributed by atoms with Crippen molar-refractivity contribution >= 4 is 0 Å². The number of halogens is 2. The van der Waals surface area contributed by atoms with Gasteiger partial charge in [-0.3, -0.25) is 0 Å². The topological polar surface area (TPSA) is 9.23 Å². The summed E-state index contributed by atoms with van der Waals surface area (Å²) in [4.78, 5) is 0. The Kier molecular flexibility index (Phi) is 5.83. The van der Waals surface area contributed by atoms with E-state index >= 15 is 0 Å². The van der Waals surface area contributed by atoms with Gasteiger partial charge in [-0.1, -0.05) is 38.3 Å². The maximum atomic E-state index is 12.6. The zero-order valence-electron chi connectivity index (χ0n) is 9.59. The van der Waals surface area contributed by atoms with Crippen molar-refractivity contribution < 1.29 is 13.5 Å². The molecule has 0 aliphatic heterocycles. The standard InChI is InChI=1S/C13H18F2O/c1-2-3-4-7-10-16-12-9-6-5-8-11(12)13(14)15/h5-6,8-9,13H,2-4,7,10H2,1H3. The molecule has 16 heavy (non-hydrogen) atoms. The fourth-order valence-corrected chi connectivity index (χ4v) is 1.50. The van der Waals surface area contributed by atoms with Crippen LogP contribution in [-0.4, -0.2) is 6.61 Å². The lowest BCUT2D eigenvalue weighted by Crippen LogP contribution is -2.00. The van der Waals surface area contributed by atoms with Crippen LogP contribution in [0.2, 0.25) is 0 Å². The lowest BCUT2D eigenvalue weighted by Gasteiger charge is -2.10. The largest absolute Gasteiger partial charge is 0.493 e. The SMILES string of the molecule is CCCCCCOc1ccccc1C(F)F. The number of hydrogen-bond donors (Lipinski definition) is 0. The van der Waals surface area contributed by atoms with E-state index in [2.05, 4.69) is 6.92 Å². The van der Waals surface area contributed by atoms with Gasteiger partial charge in [0, 0.05) is 0 Å². The molecule has 0 saturated carbocycles. The first-order valence-corrected chi connectivity index (χ1v) is 5.75. The first-order chi connectivity index (χ1) is 7.75. The zero-order chi connectivity index (χ0) is 11.8. The van der Waals surface area contributed by atoms with Crippen LogP contribution in [0, 0.1) is 0 Å². The van der Waals surface area contributed by atoms with Crippen LogP contribution in [0.1, 0.15) is 44.6 Å². The number of ether oxygens (including phenoxy) is 1. The molecule has 0 radical (unpaired) electrons. The monoisotopic (exact) mass is 228 g/mol. The molecule has 90 valence electrons. The zero-order valence-corrected chi connectivity index (χ0v) is 9.59. The molecule has 0 fully saturated rings. The van der Waals surface area contributed by atoms with Crippen LogP contribution in [0.25, 0.3) is 0 Å². The molecule has 0 atom stereocenters. The van der Waals surface area contributed by atoms with Gasteiger partial charge in [-0.25, -0.2) is 8.78 Å². The molecule has 1 aromatic carbocycles. The van der Waals surface area contributed by atoms with Crippen LogP contribution in [0.5, 0.6) is 5.75 Å². The highest BCUT2D eigenvalue weighted by Gasteiger charge is 2.12. The van der Waals surface area contributed by atoms with Gasteiger partial charge in [0.05, 0.1) is 12.2 Å². The van der Waals surface area contributed by atoms with Gasteiger partial charge in [0.2, 0.25) is 0 Å². The van der Waals surface area contributed by atoms with E-state index in [1.54, 1.807) is 18.2 Å². The van der Waals surface area contributed by atoms with Gasteiger partial charge in [0.25, 0.3) is 6.43 Å². The Balaban J connectivity index is 2.41. The molecule has 1 nitrogen and oxygen atoms in total. The van der Waals surface area contributed by atoms with Gasteiger partial charge in [0.15, 0.2) is 0 Å². The third kappa shape index (κ3) is 4.17. The first kappa shape index (κ1) is 12.9. The van der Waals surface area contributed by atoms with Gasteiger partial charge >= 0.3 is 0 Å². The number of para-hydroxylation sites is 1. The fraction of sp³-hybridized carbons (Fsp3) is 0.538. The Morgan fingerprint density at radius 2 is 1.88 bits per heavy atom. The summed E-state index contributed by atoms with van der Waals surface area (Å²) in [6.45, 7) is 2.65. The van der Waals surface area contributed by atoms with E-state index in [0.717, 1.165) is 19.3 Å². The minimum absolute atomic E-state index is 0.0157. The lowest BCUT2D eigenvalue weighted by atomic mass is 10.2. The van der Waals surface area contributed by atoms with Crippen molar-refractivity contribution in [3.8, 4) is 5.75 Å². The van der Waals surface area contributed by atoms with Gasteiger partial charge in [-0.2, -0.15) is 0 Å². The fourth-order valence-electron chi connectivity index (χ4n) is 1.50. The number of rotatable bonds is 7. The van der Waals surface area contributed by atoms with E-state index in [9.17, 15) is 8.78 Å². The van der Waals surface area contributed by atoms with E-state index < -0.39 is 6.43 Å². The minimum atomic E-state index is -2.47. The van der Waals surface area contributed by atoms with E-state index in [1.165, 1.54) is 12.5 Å². The number of benzene rings is 1. The predicted molar refractivity (Wildman–Crippen MR) is 61.0 cm³/mol. The smallest absolute Gasteiger partial charge is 0.267 e. The summed E-state index contributed by atoms with van der Waals surface area (Å²) in [5, 5.41) is 0. The van der Waals surface area contributed by atoms with Crippen LogP contribution in [0.15, 0.2) is 24.3 Å². The van der Waals surface area contributed by atoms with Crippen molar-refractivity contribution in [3.05, 3.63) is 29.8 Å². The second-order valence-corrected chi connectivity index (χ2v) is 3.75. The maximum absolute atomic E-state index is 12.6. The Morgan fingerprint density at radius 1 is 1.12 bits per heavy atom. The van der Waals surface area contributed by atoms with Gasteiger partial charge < -0.3 is 4.74 Å². The predicted octanol–water partition coefficient (Wildman–Crippen LogP) is 4.58. The summed E-state index contributed by atoms with van der Waals surface area (Å²) in [7, 11) is 0. The Hall–Kier alpha value is -1.12. The molecule has 0 aliphatic carbocycles. The van der Waals surface area contributed by atoms with Crippen molar-refractivity contribution in [2.24, 2.45) is 0 Å². The van der Waals surface area contributed by atoms with Gasteiger partial charge in [-0.15, -0.1) is 0 Å². The highest BCUT2D eigenvalue weighted by Crippen LogP contribution is 2.28. The molecule has 0 unspecified atom stereocenters. The third-order valence-corrected chi connectivity index (χ3v) is 2.41. The van der Waals surface area contributed by atoms with Crippen molar-refractivity contribution in [1.82, 2.24) is 0 Å².